The van der Waals surface area contributed by atoms with Crippen molar-refractivity contribution in [3.05, 3.63) is 35.4 Å². The number of nitrogens with one attached hydrogen (secondary N) is 1. The maximum absolute atomic E-state index is 3.40. The molecule has 0 bridgehead atoms. The topological polar surface area (TPSA) is 12.0 Å². The zero-order valence-electron chi connectivity index (χ0n) is 10.2. The molecule has 1 aromatic carbocycles. The smallest absolute Gasteiger partial charge is 0.0104 e. The van der Waals surface area contributed by atoms with Crippen LogP contribution in [0.1, 0.15) is 37.3 Å². The van der Waals surface area contributed by atoms with Gasteiger partial charge in [0, 0.05) is 6.04 Å². The van der Waals surface area contributed by atoms with Crippen LogP contribution in [0.3, 0.4) is 0 Å². The van der Waals surface area contributed by atoms with E-state index in [1.54, 1.807) is 0 Å². The van der Waals surface area contributed by atoms with Crippen molar-refractivity contribution in [3.8, 4) is 0 Å². The number of benzene rings is 1. The largest absolute Gasteiger partial charge is 0.317 e. The third-order valence-corrected chi connectivity index (χ3v) is 2.92. The summed E-state index contributed by atoms with van der Waals surface area (Å²) >= 11 is 0. The van der Waals surface area contributed by atoms with Crippen molar-refractivity contribution in [2.75, 3.05) is 7.05 Å². The Kier molecular flexibility index (Phi) is 5.41. The average Bonchev–Trinajstić information content (AvgIpc) is 2.27. The average molecular weight is 205 g/mol. The predicted octanol–water partition coefficient (Wildman–Crippen LogP) is 3.32. The lowest BCUT2D eigenvalue weighted by Gasteiger charge is -2.15. The minimum atomic E-state index is 0.632. The van der Waals surface area contributed by atoms with Gasteiger partial charge in [0.2, 0.25) is 0 Å². The Bertz CT molecular complexity index is 263. The van der Waals surface area contributed by atoms with Crippen LogP contribution in [0.5, 0.6) is 0 Å². The Hall–Kier alpha value is -0.820. The zero-order chi connectivity index (χ0) is 11.1. The highest BCUT2D eigenvalue weighted by molar-refractivity contribution is 5.22. The van der Waals surface area contributed by atoms with Crippen LogP contribution in [0.25, 0.3) is 0 Å². The van der Waals surface area contributed by atoms with Crippen LogP contribution < -0.4 is 5.32 Å². The van der Waals surface area contributed by atoms with Crippen LogP contribution in [0.2, 0.25) is 0 Å². The number of hydrogen-bond acceptors (Lipinski definition) is 1. The zero-order valence-corrected chi connectivity index (χ0v) is 10.2. The lowest BCUT2D eigenvalue weighted by molar-refractivity contribution is 0.498. The Balaban J connectivity index is 2.47. The molecule has 0 aromatic heterocycles. The quantitative estimate of drug-likeness (QED) is 0.751. The minimum Gasteiger partial charge on any atom is -0.317 e. The van der Waals surface area contributed by atoms with Crippen molar-refractivity contribution >= 4 is 0 Å². The van der Waals surface area contributed by atoms with E-state index < -0.39 is 0 Å². The Morgan fingerprint density at radius 1 is 1.20 bits per heavy atom. The molecule has 0 saturated heterocycles. The van der Waals surface area contributed by atoms with Gasteiger partial charge in [-0.05, 0) is 32.4 Å². The van der Waals surface area contributed by atoms with Gasteiger partial charge >= 0.3 is 0 Å². The molecule has 0 aliphatic carbocycles. The van der Waals surface area contributed by atoms with Gasteiger partial charge in [0.25, 0.3) is 0 Å². The molecule has 1 heteroatoms. The van der Waals surface area contributed by atoms with Crippen molar-refractivity contribution in [1.29, 1.82) is 0 Å². The van der Waals surface area contributed by atoms with E-state index in [0.717, 1.165) is 6.42 Å². The fourth-order valence-corrected chi connectivity index (χ4v) is 1.81. The normalized spacial score (nSPS) is 12.7. The second-order valence-electron chi connectivity index (χ2n) is 4.32. The Morgan fingerprint density at radius 2 is 1.87 bits per heavy atom. The van der Waals surface area contributed by atoms with Gasteiger partial charge in [-0.15, -0.1) is 0 Å². The third-order valence-electron chi connectivity index (χ3n) is 2.92. The summed E-state index contributed by atoms with van der Waals surface area (Å²) in [5.74, 6) is 0. The molecule has 0 amide bonds. The maximum atomic E-state index is 3.40. The molecule has 1 N–H and O–H groups in total. The van der Waals surface area contributed by atoms with E-state index in [1.807, 2.05) is 0 Å². The van der Waals surface area contributed by atoms with E-state index in [0.29, 0.717) is 6.04 Å². The maximum Gasteiger partial charge on any atom is 0.0104 e. The predicted molar refractivity (Wildman–Crippen MR) is 67.3 cm³/mol. The number of likely N-dealkylation sites (N-methyl/N-ethyl adjacent to an activating group) is 1. The SMILES string of the molecule is CCCCC(Cc1ccc(C)cc1)NC. The summed E-state index contributed by atoms with van der Waals surface area (Å²) in [6, 6.07) is 9.51. The van der Waals surface area contributed by atoms with Gasteiger partial charge in [-0.1, -0.05) is 49.6 Å². The lowest BCUT2D eigenvalue weighted by Crippen LogP contribution is -2.27. The Morgan fingerprint density at radius 3 is 2.40 bits per heavy atom. The number of unbranched alkanes of at least 4 members (excludes halogenated alkanes) is 1. The molecular formula is C14H23N. The standard InChI is InChI=1S/C14H23N/c1-4-5-6-14(15-3)11-13-9-7-12(2)8-10-13/h7-10,14-15H,4-6,11H2,1-3H3. The van der Waals surface area contributed by atoms with Gasteiger partial charge < -0.3 is 5.32 Å². The summed E-state index contributed by atoms with van der Waals surface area (Å²) in [5.41, 5.74) is 2.78. The molecule has 1 aromatic rings. The van der Waals surface area contributed by atoms with E-state index in [2.05, 4.69) is 50.5 Å². The van der Waals surface area contributed by atoms with Gasteiger partial charge in [-0.25, -0.2) is 0 Å². The number of aryl methyl sites for hydroxylation is 1. The fourth-order valence-electron chi connectivity index (χ4n) is 1.81. The highest BCUT2D eigenvalue weighted by atomic mass is 14.9. The second-order valence-corrected chi connectivity index (χ2v) is 4.32. The molecule has 1 nitrogen and oxygen atoms in total. The second kappa shape index (κ2) is 6.62. The van der Waals surface area contributed by atoms with Crippen molar-refractivity contribution in [3.63, 3.8) is 0 Å². The molecule has 84 valence electrons. The Labute approximate surface area is 93.9 Å². The van der Waals surface area contributed by atoms with Gasteiger partial charge in [0.05, 0.1) is 0 Å². The third kappa shape index (κ3) is 4.48. The molecule has 15 heavy (non-hydrogen) atoms. The molecule has 0 heterocycles. The first-order valence-corrected chi connectivity index (χ1v) is 5.99. The van der Waals surface area contributed by atoms with Crippen LogP contribution in [0.4, 0.5) is 0 Å². The van der Waals surface area contributed by atoms with Gasteiger partial charge in [0.1, 0.15) is 0 Å². The van der Waals surface area contributed by atoms with Crippen molar-refractivity contribution < 1.29 is 0 Å². The van der Waals surface area contributed by atoms with Crippen LogP contribution in [0.15, 0.2) is 24.3 Å². The lowest BCUT2D eigenvalue weighted by atomic mass is 10.0. The van der Waals surface area contributed by atoms with E-state index in [1.165, 1.54) is 30.4 Å². The monoisotopic (exact) mass is 205 g/mol. The summed E-state index contributed by atoms with van der Waals surface area (Å²) in [6.45, 7) is 4.38. The van der Waals surface area contributed by atoms with Crippen molar-refractivity contribution in [2.24, 2.45) is 0 Å². The van der Waals surface area contributed by atoms with Crippen molar-refractivity contribution in [1.82, 2.24) is 5.32 Å². The minimum absolute atomic E-state index is 0.632. The molecule has 0 fully saturated rings. The van der Waals surface area contributed by atoms with E-state index in [9.17, 15) is 0 Å². The number of hydrogen-bond donors (Lipinski definition) is 1. The molecular weight excluding hydrogens is 182 g/mol. The van der Waals surface area contributed by atoms with Crippen LogP contribution in [0, 0.1) is 6.92 Å². The molecule has 0 radical (unpaired) electrons. The fraction of sp³-hybridized carbons (Fsp3) is 0.571. The van der Waals surface area contributed by atoms with Crippen molar-refractivity contribution in [2.45, 2.75) is 45.6 Å². The van der Waals surface area contributed by atoms with E-state index in [-0.39, 0.29) is 0 Å². The van der Waals surface area contributed by atoms with Gasteiger partial charge in [-0.2, -0.15) is 0 Å². The van der Waals surface area contributed by atoms with Crippen LogP contribution >= 0.6 is 0 Å². The van der Waals surface area contributed by atoms with Gasteiger partial charge in [0.15, 0.2) is 0 Å². The first-order valence-electron chi connectivity index (χ1n) is 5.99. The molecule has 0 spiro atoms. The summed E-state index contributed by atoms with van der Waals surface area (Å²) in [4.78, 5) is 0. The van der Waals surface area contributed by atoms with Crippen LogP contribution in [-0.4, -0.2) is 13.1 Å². The highest BCUT2D eigenvalue weighted by Gasteiger charge is 2.05. The number of rotatable bonds is 6. The molecule has 0 aliphatic heterocycles. The van der Waals surface area contributed by atoms with E-state index >= 15 is 0 Å². The first kappa shape index (κ1) is 12.3. The molecule has 1 unspecified atom stereocenters. The summed E-state index contributed by atoms with van der Waals surface area (Å²) < 4.78 is 0. The summed E-state index contributed by atoms with van der Waals surface area (Å²) in [5, 5.41) is 3.40. The molecule has 1 atom stereocenters. The van der Waals surface area contributed by atoms with Crippen LogP contribution in [-0.2, 0) is 6.42 Å². The summed E-state index contributed by atoms with van der Waals surface area (Å²) in [6.07, 6.45) is 5.03. The first-order chi connectivity index (χ1) is 7.26. The molecule has 0 aliphatic rings. The summed E-state index contributed by atoms with van der Waals surface area (Å²) in [7, 11) is 2.06. The van der Waals surface area contributed by atoms with E-state index in [4.69, 9.17) is 0 Å². The highest BCUT2D eigenvalue weighted by Crippen LogP contribution is 2.09. The van der Waals surface area contributed by atoms with Gasteiger partial charge in [-0.3, -0.25) is 0 Å². The molecule has 1 rings (SSSR count). The molecule has 0 saturated carbocycles.